The molecule has 6 nitrogen and oxygen atoms in total. The molecule has 0 aliphatic carbocycles. The molecule has 0 atom stereocenters. The third kappa shape index (κ3) is 24.8. The first kappa shape index (κ1) is 20.1. The normalized spacial score (nSPS) is 10.0. The molecule has 0 aliphatic heterocycles. The molecule has 6 heteroatoms. The molecule has 112 valence electrons. The van der Waals surface area contributed by atoms with Gasteiger partial charge in [0.05, 0.1) is 52.9 Å². The zero-order valence-corrected chi connectivity index (χ0v) is 11.9. The molecule has 0 saturated carbocycles. The average Bonchev–Trinajstić information content (AvgIpc) is 2.37. The van der Waals surface area contributed by atoms with Crippen LogP contribution in [0, 0.1) is 0 Å². The number of methoxy groups -OCH3 is 2. The predicted molar refractivity (Wildman–Crippen MR) is 69.0 cm³/mol. The molecule has 0 rings (SSSR count). The molecule has 0 saturated heterocycles. The van der Waals surface area contributed by atoms with E-state index >= 15 is 0 Å². The molecule has 0 unspecified atom stereocenters. The molecule has 0 amide bonds. The van der Waals surface area contributed by atoms with E-state index in [2.05, 4.69) is 0 Å². The topological polar surface area (TPSA) is 66.4 Å². The van der Waals surface area contributed by atoms with Gasteiger partial charge in [-0.15, -0.1) is 0 Å². The van der Waals surface area contributed by atoms with Crippen molar-refractivity contribution >= 4 is 0 Å². The molecule has 0 aliphatic rings. The van der Waals surface area contributed by atoms with Crippen LogP contribution in [0.4, 0.5) is 0 Å². The Morgan fingerprint density at radius 1 is 0.611 bits per heavy atom. The lowest BCUT2D eigenvalue weighted by Gasteiger charge is -2.06. The van der Waals surface area contributed by atoms with Crippen LogP contribution in [0.25, 0.3) is 0 Å². The Labute approximate surface area is 110 Å². The fourth-order valence-corrected chi connectivity index (χ4v) is 0.826. The van der Waals surface area contributed by atoms with E-state index in [9.17, 15) is 0 Å². The van der Waals surface area contributed by atoms with Crippen LogP contribution in [0.3, 0.4) is 0 Å². The summed E-state index contributed by atoms with van der Waals surface area (Å²) in [7, 11) is 3.30. The molecule has 0 aromatic carbocycles. The van der Waals surface area contributed by atoms with E-state index in [1.807, 2.05) is 0 Å². The maximum atomic E-state index is 7.57. The fourth-order valence-electron chi connectivity index (χ4n) is 0.826. The highest BCUT2D eigenvalue weighted by Gasteiger charge is 1.91. The summed E-state index contributed by atoms with van der Waals surface area (Å²) in [6.45, 7) is 6.80. The molecular formula is C12H28O6. The summed E-state index contributed by atoms with van der Waals surface area (Å²) in [5.74, 6) is 0. The molecule has 0 heterocycles. The third-order valence-corrected chi connectivity index (χ3v) is 1.61. The van der Waals surface area contributed by atoms with Gasteiger partial charge in [0.1, 0.15) is 0 Å². The summed E-state index contributed by atoms with van der Waals surface area (Å²) in [6, 6.07) is 0. The van der Waals surface area contributed by atoms with Gasteiger partial charge in [0.2, 0.25) is 0 Å². The van der Waals surface area contributed by atoms with E-state index in [4.69, 9.17) is 28.8 Å². The Bertz CT molecular complexity index is 111. The quantitative estimate of drug-likeness (QED) is 0.514. The van der Waals surface area contributed by atoms with Crippen molar-refractivity contribution in [3.8, 4) is 0 Å². The van der Waals surface area contributed by atoms with Crippen LogP contribution in [0.15, 0.2) is 0 Å². The van der Waals surface area contributed by atoms with Crippen molar-refractivity contribution in [3.63, 3.8) is 0 Å². The smallest absolute Gasteiger partial charge is 0.0701 e. The van der Waals surface area contributed by atoms with Crippen LogP contribution in [0.1, 0.15) is 6.92 Å². The standard InChI is InChI=1S/C10H22O5.C2H6O/c1-11-3-5-13-7-9-15-10-8-14-6-4-12-2;1-2-3/h3-10H2,1-2H3;3H,2H2,1H3. The third-order valence-electron chi connectivity index (χ3n) is 1.61. The van der Waals surface area contributed by atoms with E-state index in [1.165, 1.54) is 0 Å². The summed E-state index contributed by atoms with van der Waals surface area (Å²) in [5, 5.41) is 7.57. The van der Waals surface area contributed by atoms with Crippen LogP contribution in [0.5, 0.6) is 0 Å². The Balaban J connectivity index is 0. The second kappa shape index (κ2) is 22.0. The van der Waals surface area contributed by atoms with Crippen molar-refractivity contribution in [1.82, 2.24) is 0 Å². The highest BCUT2D eigenvalue weighted by Crippen LogP contribution is 1.81. The lowest BCUT2D eigenvalue weighted by molar-refractivity contribution is -0.00380. The molecular weight excluding hydrogens is 240 g/mol. The fraction of sp³-hybridized carbons (Fsp3) is 1.00. The SMILES string of the molecule is CCO.COCCOCCOCCOCCOC. The van der Waals surface area contributed by atoms with Crippen LogP contribution >= 0.6 is 0 Å². The summed E-state index contributed by atoms with van der Waals surface area (Å²) >= 11 is 0. The van der Waals surface area contributed by atoms with Crippen molar-refractivity contribution in [2.24, 2.45) is 0 Å². The van der Waals surface area contributed by atoms with Crippen LogP contribution in [-0.2, 0) is 23.7 Å². The van der Waals surface area contributed by atoms with Crippen molar-refractivity contribution in [2.45, 2.75) is 6.92 Å². The number of hydrogen-bond acceptors (Lipinski definition) is 6. The Morgan fingerprint density at radius 2 is 0.833 bits per heavy atom. The zero-order valence-electron chi connectivity index (χ0n) is 11.9. The van der Waals surface area contributed by atoms with Crippen molar-refractivity contribution in [2.75, 3.05) is 73.7 Å². The molecule has 0 radical (unpaired) electrons. The second-order valence-electron chi connectivity index (χ2n) is 3.14. The first-order valence-corrected chi connectivity index (χ1v) is 6.15. The van der Waals surface area contributed by atoms with Crippen LogP contribution < -0.4 is 0 Å². The van der Waals surface area contributed by atoms with Crippen molar-refractivity contribution < 1.29 is 28.8 Å². The van der Waals surface area contributed by atoms with E-state index in [0.717, 1.165) is 0 Å². The number of ether oxygens (including phenoxy) is 5. The second-order valence-corrected chi connectivity index (χ2v) is 3.14. The predicted octanol–water partition coefficient (Wildman–Crippen LogP) is 0.328. The summed E-state index contributed by atoms with van der Waals surface area (Å²) < 4.78 is 25.3. The lowest BCUT2D eigenvalue weighted by atomic mass is 10.7. The average molecular weight is 268 g/mol. The summed E-state index contributed by atoms with van der Waals surface area (Å²) in [5.41, 5.74) is 0. The monoisotopic (exact) mass is 268 g/mol. The van der Waals surface area contributed by atoms with Crippen LogP contribution in [-0.4, -0.2) is 78.8 Å². The van der Waals surface area contributed by atoms with Crippen LogP contribution in [0.2, 0.25) is 0 Å². The highest BCUT2D eigenvalue weighted by molar-refractivity contribution is 4.34. The van der Waals surface area contributed by atoms with Gasteiger partial charge in [-0.25, -0.2) is 0 Å². The first-order valence-electron chi connectivity index (χ1n) is 6.15. The summed E-state index contributed by atoms with van der Waals surface area (Å²) in [6.07, 6.45) is 0. The Morgan fingerprint density at radius 3 is 1.06 bits per heavy atom. The van der Waals surface area contributed by atoms with Gasteiger partial charge < -0.3 is 28.8 Å². The maximum absolute atomic E-state index is 7.57. The maximum Gasteiger partial charge on any atom is 0.0701 e. The largest absolute Gasteiger partial charge is 0.397 e. The van der Waals surface area contributed by atoms with Gasteiger partial charge in [0, 0.05) is 20.8 Å². The van der Waals surface area contributed by atoms with Gasteiger partial charge in [-0.05, 0) is 6.92 Å². The Hall–Kier alpha value is -0.240. The van der Waals surface area contributed by atoms with Gasteiger partial charge in [0.15, 0.2) is 0 Å². The molecule has 18 heavy (non-hydrogen) atoms. The molecule has 0 aromatic rings. The first-order chi connectivity index (χ1) is 8.83. The molecule has 0 bridgehead atoms. The highest BCUT2D eigenvalue weighted by atomic mass is 16.6. The Kier molecular flexibility index (Phi) is 24.5. The van der Waals surface area contributed by atoms with Gasteiger partial charge in [-0.3, -0.25) is 0 Å². The minimum Gasteiger partial charge on any atom is -0.397 e. The zero-order chi connectivity index (χ0) is 13.9. The minimum atomic E-state index is 0.250. The minimum absolute atomic E-state index is 0.250. The number of rotatable bonds is 12. The van der Waals surface area contributed by atoms with E-state index in [1.54, 1.807) is 21.1 Å². The van der Waals surface area contributed by atoms with Crippen molar-refractivity contribution in [3.05, 3.63) is 0 Å². The van der Waals surface area contributed by atoms with E-state index in [0.29, 0.717) is 52.9 Å². The number of aliphatic hydroxyl groups is 1. The molecule has 1 N–H and O–H groups in total. The molecule has 0 aromatic heterocycles. The number of hydrogen-bond donors (Lipinski definition) is 1. The number of aliphatic hydroxyl groups excluding tert-OH is 1. The molecule has 0 spiro atoms. The lowest BCUT2D eigenvalue weighted by Crippen LogP contribution is -2.12. The van der Waals surface area contributed by atoms with E-state index in [-0.39, 0.29) is 6.61 Å². The molecule has 0 fully saturated rings. The van der Waals surface area contributed by atoms with Gasteiger partial charge in [-0.2, -0.15) is 0 Å². The van der Waals surface area contributed by atoms with Gasteiger partial charge in [-0.1, -0.05) is 0 Å². The van der Waals surface area contributed by atoms with Crippen molar-refractivity contribution in [1.29, 1.82) is 0 Å². The summed E-state index contributed by atoms with van der Waals surface area (Å²) in [4.78, 5) is 0. The van der Waals surface area contributed by atoms with E-state index < -0.39 is 0 Å². The van der Waals surface area contributed by atoms with Gasteiger partial charge in [0.25, 0.3) is 0 Å². The van der Waals surface area contributed by atoms with Gasteiger partial charge >= 0.3 is 0 Å².